The average molecular weight is 387 g/mol. The second-order valence-electron chi connectivity index (χ2n) is 7.69. The number of benzene rings is 1. The number of nitrogens with one attached hydrogen (secondary N) is 1. The lowest BCUT2D eigenvalue weighted by molar-refractivity contribution is -0.137. The molecule has 152 valence electrons. The maximum Gasteiger partial charge on any atom is 0.327 e. The van der Waals surface area contributed by atoms with Crippen molar-refractivity contribution in [3.05, 3.63) is 29.8 Å². The van der Waals surface area contributed by atoms with E-state index in [2.05, 4.69) is 5.32 Å². The molecule has 2 aliphatic rings. The summed E-state index contributed by atoms with van der Waals surface area (Å²) in [4.78, 5) is 40.2. The molecule has 1 saturated carbocycles. The molecular weight excluding hydrogens is 358 g/mol. The van der Waals surface area contributed by atoms with Gasteiger partial charge in [-0.15, -0.1) is 0 Å². The number of hydrogen-bond donors (Lipinski definition) is 1. The number of carbonyl (C=O) groups is 3. The maximum absolute atomic E-state index is 12.9. The van der Waals surface area contributed by atoms with Gasteiger partial charge in [-0.1, -0.05) is 31.4 Å². The van der Waals surface area contributed by atoms with E-state index in [9.17, 15) is 14.4 Å². The van der Waals surface area contributed by atoms with Crippen molar-refractivity contribution >= 4 is 17.8 Å². The van der Waals surface area contributed by atoms with Crippen molar-refractivity contribution in [3.63, 3.8) is 0 Å². The van der Waals surface area contributed by atoms with E-state index in [4.69, 9.17) is 4.74 Å². The predicted octanol–water partition coefficient (Wildman–Crippen LogP) is 2.48. The number of ether oxygens (including phenoxy) is 1. The summed E-state index contributed by atoms with van der Waals surface area (Å²) in [6.45, 7) is 2.70. The summed E-state index contributed by atoms with van der Waals surface area (Å²) in [6, 6.07) is 7.43. The molecule has 1 aliphatic heterocycles. The Hall–Kier alpha value is -2.57. The molecule has 1 spiro atoms. The standard InChI is InChI=1S/C21H29N3O4/c1-16-8-6-9-17(14-16)28-13-7-12-22-18(25)15-24-19(26)21(23(2)20(24)27)10-4-3-5-11-21/h6,8-9,14H,3-5,7,10-13,15H2,1-2H3,(H,22,25). The van der Waals surface area contributed by atoms with Crippen molar-refractivity contribution in [2.75, 3.05) is 26.7 Å². The molecule has 1 saturated heterocycles. The van der Waals surface area contributed by atoms with Gasteiger partial charge in [-0.05, 0) is 43.9 Å². The van der Waals surface area contributed by atoms with E-state index >= 15 is 0 Å². The van der Waals surface area contributed by atoms with Crippen LogP contribution >= 0.6 is 0 Å². The van der Waals surface area contributed by atoms with Gasteiger partial charge in [0.15, 0.2) is 0 Å². The van der Waals surface area contributed by atoms with Gasteiger partial charge < -0.3 is 15.0 Å². The third-order valence-corrected chi connectivity index (χ3v) is 5.69. The van der Waals surface area contributed by atoms with Crippen LogP contribution in [0.15, 0.2) is 24.3 Å². The molecule has 1 aromatic carbocycles. The highest BCUT2D eigenvalue weighted by Gasteiger charge is 2.55. The molecule has 1 aromatic rings. The topological polar surface area (TPSA) is 79.0 Å². The lowest BCUT2D eigenvalue weighted by Crippen LogP contribution is -2.49. The van der Waals surface area contributed by atoms with Crippen molar-refractivity contribution in [1.29, 1.82) is 0 Å². The fourth-order valence-electron chi connectivity index (χ4n) is 4.07. The number of rotatable bonds is 7. The first-order valence-corrected chi connectivity index (χ1v) is 10.00. The highest BCUT2D eigenvalue weighted by molar-refractivity contribution is 6.08. The molecule has 4 amide bonds. The van der Waals surface area contributed by atoms with Gasteiger partial charge in [0.25, 0.3) is 5.91 Å². The summed E-state index contributed by atoms with van der Waals surface area (Å²) in [7, 11) is 1.67. The smallest absolute Gasteiger partial charge is 0.327 e. The van der Waals surface area contributed by atoms with E-state index in [1.165, 1.54) is 4.90 Å². The van der Waals surface area contributed by atoms with Crippen molar-refractivity contribution in [2.24, 2.45) is 0 Å². The summed E-state index contributed by atoms with van der Waals surface area (Å²) >= 11 is 0. The van der Waals surface area contributed by atoms with Gasteiger partial charge in [0.1, 0.15) is 17.8 Å². The normalized spacial score (nSPS) is 18.6. The van der Waals surface area contributed by atoms with E-state index in [1.54, 1.807) is 7.05 Å². The lowest BCUT2D eigenvalue weighted by Gasteiger charge is -2.35. The maximum atomic E-state index is 12.9. The Balaban J connectivity index is 1.43. The van der Waals surface area contributed by atoms with Crippen molar-refractivity contribution in [2.45, 2.75) is 51.0 Å². The summed E-state index contributed by atoms with van der Waals surface area (Å²) in [6.07, 6.45) is 4.97. The van der Waals surface area contributed by atoms with Gasteiger partial charge >= 0.3 is 6.03 Å². The Morgan fingerprint density at radius 3 is 2.68 bits per heavy atom. The summed E-state index contributed by atoms with van der Waals surface area (Å²) in [5.41, 5.74) is 0.392. The van der Waals surface area contributed by atoms with E-state index in [1.807, 2.05) is 31.2 Å². The molecule has 3 rings (SSSR count). The summed E-state index contributed by atoms with van der Waals surface area (Å²) < 4.78 is 5.65. The summed E-state index contributed by atoms with van der Waals surface area (Å²) in [5, 5.41) is 2.77. The van der Waals surface area contributed by atoms with Gasteiger partial charge in [-0.2, -0.15) is 0 Å². The van der Waals surface area contributed by atoms with Crippen LogP contribution < -0.4 is 10.1 Å². The molecular formula is C21H29N3O4. The number of amides is 4. The fourth-order valence-corrected chi connectivity index (χ4v) is 4.07. The third-order valence-electron chi connectivity index (χ3n) is 5.69. The third kappa shape index (κ3) is 4.13. The second kappa shape index (κ2) is 8.63. The van der Waals surface area contributed by atoms with Gasteiger partial charge in [0.05, 0.1) is 6.61 Å². The van der Waals surface area contributed by atoms with Crippen LogP contribution in [0.4, 0.5) is 4.79 Å². The fraction of sp³-hybridized carbons (Fsp3) is 0.571. The van der Waals surface area contributed by atoms with Crippen LogP contribution in [-0.2, 0) is 9.59 Å². The molecule has 0 bridgehead atoms. The van der Waals surface area contributed by atoms with E-state index in [0.717, 1.165) is 35.5 Å². The van der Waals surface area contributed by atoms with Gasteiger partial charge in [-0.25, -0.2) is 4.79 Å². The van der Waals surface area contributed by atoms with Gasteiger partial charge in [0, 0.05) is 13.6 Å². The molecule has 7 heteroatoms. The highest BCUT2D eigenvalue weighted by atomic mass is 16.5. The zero-order valence-corrected chi connectivity index (χ0v) is 16.7. The Morgan fingerprint density at radius 1 is 1.21 bits per heavy atom. The first-order valence-electron chi connectivity index (χ1n) is 10.00. The molecule has 0 unspecified atom stereocenters. The van der Waals surface area contributed by atoms with Crippen molar-refractivity contribution < 1.29 is 19.1 Å². The predicted molar refractivity (Wildman–Crippen MR) is 105 cm³/mol. The average Bonchev–Trinajstić information content (AvgIpc) is 2.85. The lowest BCUT2D eigenvalue weighted by atomic mass is 9.81. The Kier molecular flexibility index (Phi) is 6.21. The molecule has 1 heterocycles. The van der Waals surface area contributed by atoms with E-state index in [-0.39, 0.29) is 24.4 Å². The SMILES string of the molecule is Cc1cccc(OCCCNC(=O)CN2C(=O)N(C)C3(CCCCC3)C2=O)c1. The summed E-state index contributed by atoms with van der Waals surface area (Å²) in [5.74, 6) is 0.261. The first-order chi connectivity index (χ1) is 13.4. The number of hydrogen-bond acceptors (Lipinski definition) is 4. The Bertz CT molecular complexity index is 743. The van der Waals surface area contributed by atoms with Crippen LogP contribution in [0.2, 0.25) is 0 Å². The molecule has 1 aliphatic carbocycles. The van der Waals surface area contributed by atoms with Crippen LogP contribution in [0.3, 0.4) is 0 Å². The zero-order chi connectivity index (χ0) is 20.1. The molecule has 28 heavy (non-hydrogen) atoms. The van der Waals surface area contributed by atoms with Crippen molar-refractivity contribution in [1.82, 2.24) is 15.1 Å². The first kappa shape index (κ1) is 20.2. The number of carbonyl (C=O) groups excluding carboxylic acids is 3. The molecule has 0 atom stereocenters. The second-order valence-corrected chi connectivity index (χ2v) is 7.69. The quantitative estimate of drug-likeness (QED) is 0.576. The largest absolute Gasteiger partial charge is 0.494 e. The zero-order valence-electron chi connectivity index (χ0n) is 16.7. The molecule has 1 N–H and O–H groups in total. The van der Waals surface area contributed by atoms with Crippen LogP contribution in [0.25, 0.3) is 0 Å². The number of likely N-dealkylation sites (N-methyl/N-ethyl adjacent to an activating group) is 1. The number of urea groups is 1. The van der Waals surface area contributed by atoms with Crippen LogP contribution in [-0.4, -0.2) is 59.9 Å². The Labute approximate surface area is 166 Å². The minimum absolute atomic E-state index is 0.220. The molecule has 0 aromatic heterocycles. The minimum atomic E-state index is -0.739. The molecule has 7 nitrogen and oxygen atoms in total. The highest BCUT2D eigenvalue weighted by Crippen LogP contribution is 2.39. The van der Waals surface area contributed by atoms with Gasteiger partial charge in [-0.3, -0.25) is 14.5 Å². The monoisotopic (exact) mass is 387 g/mol. The van der Waals surface area contributed by atoms with Crippen molar-refractivity contribution in [3.8, 4) is 5.75 Å². The van der Waals surface area contributed by atoms with Crippen LogP contribution in [0, 0.1) is 6.92 Å². The Morgan fingerprint density at radius 2 is 1.96 bits per heavy atom. The molecule has 2 fully saturated rings. The minimum Gasteiger partial charge on any atom is -0.494 e. The number of imide groups is 1. The van der Waals surface area contributed by atoms with Crippen LogP contribution in [0.5, 0.6) is 5.75 Å². The number of aryl methyl sites for hydroxylation is 1. The van der Waals surface area contributed by atoms with Crippen LogP contribution in [0.1, 0.15) is 44.1 Å². The number of nitrogens with zero attached hydrogens (tertiary/aromatic N) is 2. The van der Waals surface area contributed by atoms with E-state index in [0.29, 0.717) is 32.4 Å². The van der Waals surface area contributed by atoms with E-state index < -0.39 is 5.54 Å². The molecule has 0 radical (unpaired) electrons. The van der Waals surface area contributed by atoms with Gasteiger partial charge in [0.2, 0.25) is 5.91 Å².